The van der Waals surface area contributed by atoms with Crippen LogP contribution in [0.3, 0.4) is 0 Å². The average Bonchev–Trinajstić information content (AvgIpc) is 2.67. The summed E-state index contributed by atoms with van der Waals surface area (Å²) in [6.45, 7) is 4.26. The first-order chi connectivity index (χ1) is 12.7. The first-order valence-electron chi connectivity index (χ1n) is 10.0. The quantitative estimate of drug-likeness (QED) is 0.533. The van der Waals surface area contributed by atoms with Gasteiger partial charge in [0, 0.05) is 11.5 Å². The zero-order chi connectivity index (χ0) is 18.4. The molecule has 0 bridgehead atoms. The summed E-state index contributed by atoms with van der Waals surface area (Å²) in [5.41, 5.74) is 4.41. The van der Waals surface area contributed by atoms with Gasteiger partial charge in [0.2, 0.25) is 0 Å². The van der Waals surface area contributed by atoms with E-state index in [4.69, 9.17) is 0 Å². The van der Waals surface area contributed by atoms with Crippen molar-refractivity contribution in [3.05, 3.63) is 70.5 Å². The van der Waals surface area contributed by atoms with E-state index in [1.54, 1.807) is 6.07 Å². The summed E-state index contributed by atoms with van der Waals surface area (Å²) in [5.74, 6) is 7.61. The molecule has 1 fully saturated rings. The van der Waals surface area contributed by atoms with Crippen LogP contribution in [0.15, 0.2) is 42.5 Å². The molecule has 0 saturated heterocycles. The van der Waals surface area contributed by atoms with Crippen LogP contribution in [0.1, 0.15) is 73.6 Å². The molecule has 3 rings (SSSR count). The number of rotatable bonds is 4. The van der Waals surface area contributed by atoms with Gasteiger partial charge in [-0.3, -0.25) is 0 Å². The van der Waals surface area contributed by atoms with Gasteiger partial charge in [0.1, 0.15) is 5.82 Å². The molecule has 26 heavy (non-hydrogen) atoms. The van der Waals surface area contributed by atoms with E-state index in [0.717, 1.165) is 43.2 Å². The minimum absolute atomic E-state index is 0.103. The Kier molecular flexibility index (Phi) is 6.51. The standard InChI is InChI=1S/C25H29F/c1-3-4-5-24-17-12-21(18-25(24)26)9-8-20-10-15-23(16-11-20)22-13-6-19(2)7-14-22/h6-7,12-14,17-18,20,23H,3-5,10-11,15-16H2,1-2H3/t20-,23-. The fraction of sp³-hybridized carbons (Fsp3) is 0.440. The van der Waals surface area contributed by atoms with E-state index >= 15 is 0 Å². The van der Waals surface area contributed by atoms with Crippen molar-refractivity contribution in [1.82, 2.24) is 0 Å². The van der Waals surface area contributed by atoms with Crippen LogP contribution in [-0.4, -0.2) is 0 Å². The predicted octanol–water partition coefficient (Wildman–Crippen LogP) is 6.80. The van der Waals surface area contributed by atoms with Crippen LogP contribution >= 0.6 is 0 Å². The van der Waals surface area contributed by atoms with Gasteiger partial charge in [-0.2, -0.15) is 0 Å². The van der Waals surface area contributed by atoms with Gasteiger partial charge in [-0.15, -0.1) is 0 Å². The summed E-state index contributed by atoms with van der Waals surface area (Å²) in [6, 6.07) is 14.4. The van der Waals surface area contributed by atoms with Crippen LogP contribution in [0.25, 0.3) is 0 Å². The molecular formula is C25H29F. The lowest BCUT2D eigenvalue weighted by Crippen LogP contribution is -2.12. The molecule has 0 nitrogen and oxygen atoms in total. The van der Waals surface area contributed by atoms with Crippen molar-refractivity contribution in [1.29, 1.82) is 0 Å². The lowest BCUT2D eigenvalue weighted by Gasteiger charge is -2.26. The maximum absolute atomic E-state index is 14.1. The summed E-state index contributed by atoms with van der Waals surface area (Å²) in [6.07, 6.45) is 7.63. The normalized spacial score (nSPS) is 19.7. The zero-order valence-corrected chi connectivity index (χ0v) is 16.0. The largest absolute Gasteiger partial charge is 0.207 e. The Labute approximate surface area is 157 Å². The average molecular weight is 349 g/mol. The number of hydrogen-bond acceptors (Lipinski definition) is 0. The van der Waals surface area contributed by atoms with E-state index in [-0.39, 0.29) is 5.82 Å². The van der Waals surface area contributed by atoms with Gasteiger partial charge in [0.05, 0.1) is 0 Å². The molecule has 0 N–H and O–H groups in total. The van der Waals surface area contributed by atoms with Gasteiger partial charge in [0.15, 0.2) is 0 Å². The third-order valence-corrected chi connectivity index (χ3v) is 5.55. The van der Waals surface area contributed by atoms with Crippen LogP contribution < -0.4 is 0 Å². The minimum atomic E-state index is -0.103. The Morgan fingerprint density at radius 1 is 1.00 bits per heavy atom. The second kappa shape index (κ2) is 9.04. The van der Waals surface area contributed by atoms with E-state index < -0.39 is 0 Å². The second-order valence-electron chi connectivity index (χ2n) is 7.64. The number of hydrogen-bond donors (Lipinski definition) is 0. The lowest BCUT2D eigenvalue weighted by molar-refractivity contribution is 0.384. The summed E-state index contributed by atoms with van der Waals surface area (Å²) in [5, 5.41) is 0. The van der Waals surface area contributed by atoms with Crippen molar-refractivity contribution in [2.24, 2.45) is 5.92 Å². The van der Waals surface area contributed by atoms with Crippen molar-refractivity contribution < 1.29 is 4.39 Å². The van der Waals surface area contributed by atoms with Crippen molar-refractivity contribution in [3.63, 3.8) is 0 Å². The van der Waals surface area contributed by atoms with Gasteiger partial charge < -0.3 is 0 Å². The molecule has 1 aliphatic rings. The smallest absolute Gasteiger partial charge is 0.127 e. The van der Waals surface area contributed by atoms with Crippen molar-refractivity contribution in [3.8, 4) is 11.8 Å². The molecule has 0 spiro atoms. The van der Waals surface area contributed by atoms with Gasteiger partial charge in [-0.25, -0.2) is 4.39 Å². The number of halogens is 1. The molecule has 0 aliphatic heterocycles. The highest BCUT2D eigenvalue weighted by Gasteiger charge is 2.21. The van der Waals surface area contributed by atoms with Crippen molar-refractivity contribution >= 4 is 0 Å². The van der Waals surface area contributed by atoms with E-state index in [2.05, 4.69) is 50.0 Å². The maximum Gasteiger partial charge on any atom is 0.127 e. The van der Waals surface area contributed by atoms with E-state index in [1.165, 1.54) is 24.0 Å². The summed E-state index contributed by atoms with van der Waals surface area (Å²) >= 11 is 0. The molecule has 0 heterocycles. The molecule has 0 atom stereocenters. The van der Waals surface area contributed by atoms with Crippen LogP contribution in [0, 0.1) is 30.5 Å². The Balaban J connectivity index is 1.56. The molecule has 2 aromatic carbocycles. The van der Waals surface area contributed by atoms with Gasteiger partial charge in [0.25, 0.3) is 0 Å². The summed E-state index contributed by atoms with van der Waals surface area (Å²) in [4.78, 5) is 0. The highest BCUT2D eigenvalue weighted by Crippen LogP contribution is 2.35. The lowest BCUT2D eigenvalue weighted by atomic mass is 9.79. The fourth-order valence-corrected chi connectivity index (χ4v) is 3.79. The maximum atomic E-state index is 14.1. The van der Waals surface area contributed by atoms with E-state index in [0.29, 0.717) is 11.8 Å². The Hall–Kier alpha value is -2.07. The predicted molar refractivity (Wildman–Crippen MR) is 108 cm³/mol. The third kappa shape index (κ3) is 4.98. The molecular weight excluding hydrogens is 319 g/mol. The fourth-order valence-electron chi connectivity index (χ4n) is 3.79. The highest BCUT2D eigenvalue weighted by molar-refractivity contribution is 5.37. The molecule has 1 aliphatic carbocycles. The highest BCUT2D eigenvalue weighted by atomic mass is 19.1. The monoisotopic (exact) mass is 348 g/mol. The molecule has 1 saturated carbocycles. The minimum Gasteiger partial charge on any atom is -0.207 e. The molecule has 1 heteroatoms. The SMILES string of the molecule is CCCCc1ccc(C#C[C@H]2CC[C@H](c3ccc(C)cc3)CC2)cc1F. The van der Waals surface area contributed by atoms with Crippen molar-refractivity contribution in [2.75, 3.05) is 0 Å². The number of aryl methyl sites for hydroxylation is 2. The van der Waals surface area contributed by atoms with Gasteiger partial charge >= 0.3 is 0 Å². The molecule has 0 amide bonds. The summed E-state index contributed by atoms with van der Waals surface area (Å²) in [7, 11) is 0. The van der Waals surface area contributed by atoms with E-state index in [1.807, 2.05) is 12.1 Å². The molecule has 0 aromatic heterocycles. The first-order valence-corrected chi connectivity index (χ1v) is 10.0. The molecule has 0 unspecified atom stereocenters. The molecule has 136 valence electrons. The molecule has 2 aromatic rings. The van der Waals surface area contributed by atoms with Gasteiger partial charge in [-0.1, -0.05) is 61.1 Å². The third-order valence-electron chi connectivity index (χ3n) is 5.55. The van der Waals surface area contributed by atoms with Crippen LogP contribution in [0.2, 0.25) is 0 Å². The topological polar surface area (TPSA) is 0 Å². The molecule has 0 radical (unpaired) electrons. The zero-order valence-electron chi connectivity index (χ0n) is 16.0. The van der Waals surface area contributed by atoms with Crippen LogP contribution in [-0.2, 0) is 6.42 Å². The van der Waals surface area contributed by atoms with Gasteiger partial charge in [-0.05, 0) is 74.6 Å². The Morgan fingerprint density at radius 2 is 1.73 bits per heavy atom. The number of unbranched alkanes of at least 4 members (excludes halogenated alkanes) is 1. The summed E-state index contributed by atoms with van der Waals surface area (Å²) < 4.78 is 14.1. The van der Waals surface area contributed by atoms with E-state index in [9.17, 15) is 4.39 Å². The second-order valence-corrected chi connectivity index (χ2v) is 7.64. The Morgan fingerprint density at radius 3 is 2.38 bits per heavy atom. The van der Waals surface area contributed by atoms with Crippen LogP contribution in [0.4, 0.5) is 4.39 Å². The number of benzene rings is 2. The Bertz CT molecular complexity index is 768. The van der Waals surface area contributed by atoms with Crippen molar-refractivity contribution in [2.45, 2.75) is 64.7 Å². The van der Waals surface area contributed by atoms with Crippen LogP contribution in [0.5, 0.6) is 0 Å². The first kappa shape index (κ1) is 18.7.